The van der Waals surface area contributed by atoms with Crippen LogP contribution in [0.15, 0.2) is 54.6 Å². The Bertz CT molecular complexity index is 467. The average Bonchev–Trinajstić information content (AvgIpc) is 2.39. The lowest BCUT2D eigenvalue weighted by Crippen LogP contribution is -2.44. The molecule has 4 nitrogen and oxygen atoms in total. The van der Waals surface area contributed by atoms with Crippen LogP contribution in [0.25, 0.3) is 0 Å². The molecule has 2 unspecified atom stereocenters. The van der Waals surface area contributed by atoms with Crippen LogP contribution in [-0.4, -0.2) is 17.8 Å². The van der Waals surface area contributed by atoms with Crippen LogP contribution in [0, 0.1) is 10.1 Å². The summed E-state index contributed by atoms with van der Waals surface area (Å²) in [7, 11) is 1.36. The molecule has 0 spiro atoms. The third-order valence-corrected chi connectivity index (χ3v) is 2.97. The van der Waals surface area contributed by atoms with E-state index in [4.69, 9.17) is 4.74 Å². The maximum absolute atomic E-state index is 11.3. The molecule has 2 rings (SSSR count). The standard InChI is InChI=1S/C13H13NO3/c1-17-13(14(15)16)10-6-5-9-12(13)11-7-3-2-4-8-11/h2-10,12H,1H3. The fourth-order valence-corrected chi connectivity index (χ4v) is 2.06. The van der Waals surface area contributed by atoms with E-state index in [1.165, 1.54) is 13.2 Å². The zero-order chi connectivity index (χ0) is 12.3. The highest BCUT2D eigenvalue weighted by Crippen LogP contribution is 2.36. The Morgan fingerprint density at radius 1 is 1.29 bits per heavy atom. The molecule has 0 amide bonds. The van der Waals surface area contributed by atoms with E-state index in [2.05, 4.69) is 0 Å². The minimum atomic E-state index is -1.50. The smallest absolute Gasteiger partial charge is 0.314 e. The molecule has 0 aromatic heterocycles. The van der Waals surface area contributed by atoms with Gasteiger partial charge in [-0.15, -0.1) is 0 Å². The van der Waals surface area contributed by atoms with Crippen molar-refractivity contribution in [3.63, 3.8) is 0 Å². The van der Waals surface area contributed by atoms with Gasteiger partial charge in [0.15, 0.2) is 0 Å². The molecule has 0 N–H and O–H groups in total. The van der Waals surface area contributed by atoms with Crippen molar-refractivity contribution < 1.29 is 9.66 Å². The quantitative estimate of drug-likeness (QED) is 0.456. The summed E-state index contributed by atoms with van der Waals surface area (Å²) in [6.45, 7) is 0. The lowest BCUT2D eigenvalue weighted by molar-refractivity contribution is -0.613. The molecule has 0 radical (unpaired) electrons. The molecule has 1 aliphatic rings. The molecule has 1 aromatic rings. The van der Waals surface area contributed by atoms with Crippen molar-refractivity contribution in [3.05, 3.63) is 70.3 Å². The molecule has 2 atom stereocenters. The summed E-state index contributed by atoms with van der Waals surface area (Å²) in [6.07, 6.45) is 6.73. The Morgan fingerprint density at radius 3 is 2.59 bits per heavy atom. The van der Waals surface area contributed by atoms with Gasteiger partial charge >= 0.3 is 5.72 Å². The predicted molar refractivity (Wildman–Crippen MR) is 64.2 cm³/mol. The maximum atomic E-state index is 11.3. The second-order valence-electron chi connectivity index (χ2n) is 3.85. The van der Waals surface area contributed by atoms with Crippen molar-refractivity contribution in [1.29, 1.82) is 0 Å². The van der Waals surface area contributed by atoms with E-state index in [9.17, 15) is 10.1 Å². The second-order valence-corrected chi connectivity index (χ2v) is 3.85. The van der Waals surface area contributed by atoms with E-state index >= 15 is 0 Å². The number of hydrogen-bond acceptors (Lipinski definition) is 3. The highest BCUT2D eigenvalue weighted by Gasteiger charge is 2.49. The lowest BCUT2D eigenvalue weighted by atomic mass is 9.85. The van der Waals surface area contributed by atoms with Gasteiger partial charge in [0.2, 0.25) is 0 Å². The summed E-state index contributed by atoms with van der Waals surface area (Å²) in [5, 5.41) is 11.3. The summed E-state index contributed by atoms with van der Waals surface area (Å²) >= 11 is 0. The van der Waals surface area contributed by atoms with E-state index in [0.717, 1.165) is 5.56 Å². The number of ether oxygens (including phenoxy) is 1. The first-order valence-corrected chi connectivity index (χ1v) is 5.31. The summed E-state index contributed by atoms with van der Waals surface area (Å²) in [5.41, 5.74) is -0.637. The molecule has 4 heteroatoms. The Labute approximate surface area is 99.4 Å². The first-order valence-electron chi connectivity index (χ1n) is 5.31. The molecule has 1 aliphatic carbocycles. The number of methoxy groups -OCH3 is 1. The Morgan fingerprint density at radius 2 is 2.00 bits per heavy atom. The molecular weight excluding hydrogens is 218 g/mol. The first-order chi connectivity index (χ1) is 8.20. The van der Waals surface area contributed by atoms with Gasteiger partial charge in [0.1, 0.15) is 5.92 Å². The number of rotatable bonds is 3. The highest BCUT2D eigenvalue weighted by atomic mass is 16.7. The van der Waals surface area contributed by atoms with Gasteiger partial charge < -0.3 is 4.74 Å². The van der Waals surface area contributed by atoms with Gasteiger partial charge in [0.05, 0.1) is 4.92 Å². The van der Waals surface area contributed by atoms with Crippen LogP contribution in [0.3, 0.4) is 0 Å². The number of hydrogen-bond donors (Lipinski definition) is 0. The van der Waals surface area contributed by atoms with Gasteiger partial charge in [-0.3, -0.25) is 10.1 Å². The second kappa shape index (κ2) is 4.51. The topological polar surface area (TPSA) is 52.4 Å². The minimum Gasteiger partial charge on any atom is -0.314 e. The summed E-state index contributed by atoms with van der Waals surface area (Å²) in [5.74, 6) is -0.409. The Hall–Kier alpha value is -1.94. The zero-order valence-electron chi connectivity index (χ0n) is 9.45. The molecule has 0 heterocycles. The van der Waals surface area contributed by atoms with Crippen LogP contribution in [-0.2, 0) is 4.74 Å². The lowest BCUT2D eigenvalue weighted by Gasteiger charge is -2.29. The molecule has 88 valence electrons. The van der Waals surface area contributed by atoms with Crippen LogP contribution in [0.4, 0.5) is 0 Å². The predicted octanol–water partition coefficient (Wildman–Crippen LogP) is 2.52. The maximum Gasteiger partial charge on any atom is 0.354 e. The fraction of sp³-hybridized carbons (Fsp3) is 0.231. The summed E-state index contributed by atoms with van der Waals surface area (Å²) in [6, 6.07) is 9.34. The SMILES string of the molecule is COC1([N+](=O)[O-])C=CC=CC1c1ccccc1. The third-order valence-electron chi connectivity index (χ3n) is 2.97. The molecule has 0 aliphatic heterocycles. The number of nitrogens with zero attached hydrogens (tertiary/aromatic N) is 1. The monoisotopic (exact) mass is 231 g/mol. The van der Waals surface area contributed by atoms with Crippen LogP contribution >= 0.6 is 0 Å². The van der Waals surface area contributed by atoms with E-state index in [0.29, 0.717) is 0 Å². The first kappa shape index (κ1) is 11.5. The van der Waals surface area contributed by atoms with Crippen molar-refractivity contribution in [3.8, 4) is 0 Å². The van der Waals surface area contributed by atoms with E-state index in [1.54, 1.807) is 18.2 Å². The van der Waals surface area contributed by atoms with Gasteiger partial charge in [0, 0.05) is 13.2 Å². The minimum absolute atomic E-state index is 0.384. The summed E-state index contributed by atoms with van der Waals surface area (Å²) in [4.78, 5) is 10.9. The zero-order valence-corrected chi connectivity index (χ0v) is 9.45. The molecule has 1 aromatic carbocycles. The van der Waals surface area contributed by atoms with Crippen molar-refractivity contribution in [1.82, 2.24) is 0 Å². The Kier molecular flexibility index (Phi) is 3.06. The van der Waals surface area contributed by atoms with Gasteiger partial charge in [-0.25, -0.2) is 0 Å². The largest absolute Gasteiger partial charge is 0.354 e. The fourth-order valence-electron chi connectivity index (χ4n) is 2.06. The van der Waals surface area contributed by atoms with E-state index < -0.39 is 11.6 Å². The van der Waals surface area contributed by atoms with Gasteiger partial charge in [-0.2, -0.15) is 0 Å². The molecular formula is C13H13NO3. The van der Waals surface area contributed by atoms with Crippen molar-refractivity contribution in [2.75, 3.05) is 7.11 Å². The van der Waals surface area contributed by atoms with Crippen LogP contribution in [0.5, 0.6) is 0 Å². The average molecular weight is 231 g/mol. The van der Waals surface area contributed by atoms with Crippen molar-refractivity contribution in [2.45, 2.75) is 11.6 Å². The number of nitro groups is 1. The molecule has 0 saturated carbocycles. The van der Waals surface area contributed by atoms with Crippen LogP contribution in [0.1, 0.15) is 11.5 Å². The van der Waals surface area contributed by atoms with Gasteiger partial charge in [0.25, 0.3) is 0 Å². The summed E-state index contributed by atoms with van der Waals surface area (Å²) < 4.78 is 5.17. The molecule has 0 fully saturated rings. The van der Waals surface area contributed by atoms with Crippen LogP contribution < -0.4 is 0 Å². The molecule has 0 saturated heterocycles. The van der Waals surface area contributed by atoms with E-state index in [-0.39, 0.29) is 4.92 Å². The number of allylic oxidation sites excluding steroid dienone is 2. The highest BCUT2D eigenvalue weighted by molar-refractivity contribution is 5.33. The number of benzene rings is 1. The van der Waals surface area contributed by atoms with Crippen LogP contribution in [0.2, 0.25) is 0 Å². The van der Waals surface area contributed by atoms with Crippen molar-refractivity contribution >= 4 is 0 Å². The third kappa shape index (κ3) is 1.87. The Balaban J connectivity index is 2.48. The van der Waals surface area contributed by atoms with Crippen molar-refractivity contribution in [2.24, 2.45) is 0 Å². The van der Waals surface area contributed by atoms with Gasteiger partial charge in [-0.05, 0) is 5.56 Å². The molecule has 0 bridgehead atoms. The van der Waals surface area contributed by atoms with Gasteiger partial charge in [-0.1, -0.05) is 48.6 Å². The normalized spacial score (nSPS) is 27.0. The molecule has 17 heavy (non-hydrogen) atoms. The van der Waals surface area contributed by atoms with E-state index in [1.807, 2.05) is 30.3 Å².